The summed E-state index contributed by atoms with van der Waals surface area (Å²) in [5.74, 6) is 0.778. The largest absolute Gasteiger partial charge is 0.484 e. The van der Waals surface area contributed by atoms with Gasteiger partial charge in [-0.3, -0.25) is 10.1 Å². The van der Waals surface area contributed by atoms with Crippen LogP contribution in [0.5, 0.6) is 5.75 Å². The number of urea groups is 1. The number of halogens is 1. The van der Waals surface area contributed by atoms with Crippen molar-refractivity contribution in [3.05, 3.63) is 35.1 Å². The molecule has 2 aromatic rings. The van der Waals surface area contributed by atoms with E-state index < -0.39 is 11.9 Å². The Morgan fingerprint density at radius 3 is 2.73 bits per heavy atom. The fraction of sp³-hybridized carbons (Fsp3) is 0.375. The number of amides is 3. The summed E-state index contributed by atoms with van der Waals surface area (Å²) < 4.78 is 7.36. The van der Waals surface area contributed by atoms with Crippen LogP contribution < -0.4 is 15.4 Å². The van der Waals surface area contributed by atoms with Crippen LogP contribution in [-0.4, -0.2) is 38.5 Å². The summed E-state index contributed by atoms with van der Waals surface area (Å²) in [5, 5.41) is 14.0. The summed E-state index contributed by atoms with van der Waals surface area (Å²) in [7, 11) is 1.77. The predicted octanol–water partition coefficient (Wildman–Crippen LogP) is 2.37. The van der Waals surface area contributed by atoms with Crippen molar-refractivity contribution in [2.75, 3.05) is 5.75 Å². The van der Waals surface area contributed by atoms with Gasteiger partial charge < -0.3 is 14.6 Å². The first-order chi connectivity index (χ1) is 12.4. The van der Waals surface area contributed by atoms with E-state index in [1.165, 1.54) is 11.8 Å². The molecule has 2 N–H and O–H groups in total. The van der Waals surface area contributed by atoms with E-state index in [0.717, 1.165) is 0 Å². The van der Waals surface area contributed by atoms with E-state index in [-0.39, 0.29) is 18.4 Å². The highest BCUT2D eigenvalue weighted by atomic mass is 35.5. The van der Waals surface area contributed by atoms with E-state index in [0.29, 0.717) is 21.8 Å². The van der Waals surface area contributed by atoms with E-state index in [1.807, 2.05) is 26.0 Å². The Kier molecular flexibility index (Phi) is 7.28. The molecule has 0 spiro atoms. The third kappa shape index (κ3) is 5.92. The molecule has 0 fully saturated rings. The number of thioether (sulfide) groups is 1. The van der Waals surface area contributed by atoms with Crippen LogP contribution in [-0.2, 0) is 18.4 Å². The van der Waals surface area contributed by atoms with Gasteiger partial charge >= 0.3 is 6.03 Å². The number of aromatic nitrogens is 3. The number of imide groups is 1. The summed E-state index contributed by atoms with van der Waals surface area (Å²) in [6, 6.07) is 6.59. The van der Waals surface area contributed by atoms with Crippen LogP contribution in [0.1, 0.15) is 19.7 Å². The van der Waals surface area contributed by atoms with Crippen molar-refractivity contribution in [1.29, 1.82) is 0 Å². The molecular formula is C16H20ClN5O3S. The number of rotatable bonds is 7. The van der Waals surface area contributed by atoms with Gasteiger partial charge in [0.1, 0.15) is 12.4 Å². The second-order valence-corrected chi connectivity index (χ2v) is 6.99. The van der Waals surface area contributed by atoms with Crippen LogP contribution in [0.25, 0.3) is 0 Å². The molecule has 10 heteroatoms. The van der Waals surface area contributed by atoms with Crippen LogP contribution in [0.3, 0.4) is 0 Å². The lowest BCUT2D eigenvalue weighted by Crippen LogP contribution is -2.43. The van der Waals surface area contributed by atoms with E-state index in [9.17, 15) is 9.59 Å². The molecule has 3 amide bonds. The van der Waals surface area contributed by atoms with Gasteiger partial charge in [-0.05, 0) is 26.0 Å². The van der Waals surface area contributed by atoms with Gasteiger partial charge in [0.25, 0.3) is 0 Å². The quantitative estimate of drug-likeness (QED) is 0.696. The number of nitrogens with one attached hydrogen (secondary N) is 2. The molecule has 1 heterocycles. The van der Waals surface area contributed by atoms with Crippen LogP contribution in [0.15, 0.2) is 29.4 Å². The van der Waals surface area contributed by atoms with Gasteiger partial charge in [-0.15, -0.1) is 10.2 Å². The zero-order valence-electron chi connectivity index (χ0n) is 14.7. The lowest BCUT2D eigenvalue weighted by molar-refractivity contribution is -0.117. The number of hydrogen-bond acceptors (Lipinski definition) is 6. The Labute approximate surface area is 160 Å². The van der Waals surface area contributed by atoms with E-state index >= 15 is 0 Å². The second-order valence-electron chi connectivity index (χ2n) is 5.64. The number of carbonyl (C=O) groups is 2. The highest BCUT2D eigenvalue weighted by Crippen LogP contribution is 2.24. The van der Waals surface area contributed by atoms with Gasteiger partial charge in [0.2, 0.25) is 5.91 Å². The summed E-state index contributed by atoms with van der Waals surface area (Å²) in [4.78, 5) is 23.3. The molecule has 0 unspecified atom stereocenters. The lowest BCUT2D eigenvalue weighted by atomic mass is 10.3. The Bertz CT molecular complexity index is 781. The van der Waals surface area contributed by atoms with Gasteiger partial charge in [0.05, 0.1) is 10.8 Å². The number of hydrogen-bond donors (Lipinski definition) is 2. The fourth-order valence-electron chi connectivity index (χ4n) is 1.89. The normalized spacial score (nSPS) is 10.7. The molecule has 8 nitrogen and oxygen atoms in total. The molecule has 0 bridgehead atoms. The molecular weight excluding hydrogens is 378 g/mol. The lowest BCUT2D eigenvalue weighted by Gasteiger charge is -2.09. The highest BCUT2D eigenvalue weighted by molar-refractivity contribution is 7.99. The molecule has 0 saturated heterocycles. The average Bonchev–Trinajstić information content (AvgIpc) is 2.91. The summed E-state index contributed by atoms with van der Waals surface area (Å²) in [6.07, 6.45) is 0. The third-order valence-electron chi connectivity index (χ3n) is 3.12. The number of nitrogens with zero attached hydrogens (tertiary/aromatic N) is 3. The maximum Gasteiger partial charge on any atom is 0.321 e. The Balaban J connectivity index is 1.85. The highest BCUT2D eigenvalue weighted by Gasteiger charge is 2.14. The number of carbonyl (C=O) groups excluding carboxylic acids is 2. The molecule has 26 heavy (non-hydrogen) atoms. The van der Waals surface area contributed by atoms with Crippen LogP contribution in [0, 0.1) is 0 Å². The monoisotopic (exact) mass is 397 g/mol. The first kappa shape index (κ1) is 20.1. The minimum absolute atomic E-state index is 0.0445. The van der Waals surface area contributed by atoms with Crippen molar-refractivity contribution >= 4 is 35.3 Å². The molecule has 0 aliphatic carbocycles. The van der Waals surface area contributed by atoms with Crippen molar-refractivity contribution in [3.63, 3.8) is 0 Å². The number of benzene rings is 1. The molecule has 0 atom stereocenters. The maximum atomic E-state index is 11.8. The second kappa shape index (κ2) is 9.44. The number of para-hydroxylation sites is 1. The standard InChI is InChI=1S/C16H20ClN5O3S/c1-10(2)18-15(24)19-14(23)9-26-16-21-20-13(22(16)3)8-25-12-7-5-4-6-11(12)17/h4-7,10H,8-9H2,1-3H3,(H2,18,19,23,24). The van der Waals surface area contributed by atoms with Gasteiger partial charge in [0.15, 0.2) is 11.0 Å². The Morgan fingerprint density at radius 1 is 1.31 bits per heavy atom. The fourth-order valence-corrected chi connectivity index (χ4v) is 2.81. The Hall–Kier alpha value is -2.26. The maximum absolute atomic E-state index is 11.8. The zero-order chi connectivity index (χ0) is 19.1. The molecule has 0 aliphatic rings. The van der Waals surface area contributed by atoms with Crippen molar-refractivity contribution in [1.82, 2.24) is 25.4 Å². The zero-order valence-corrected chi connectivity index (χ0v) is 16.2. The van der Waals surface area contributed by atoms with Crippen molar-refractivity contribution in [3.8, 4) is 5.75 Å². The van der Waals surface area contributed by atoms with E-state index in [2.05, 4.69) is 20.8 Å². The molecule has 2 rings (SSSR count). The van der Waals surface area contributed by atoms with Gasteiger partial charge in [0, 0.05) is 13.1 Å². The van der Waals surface area contributed by atoms with E-state index in [4.69, 9.17) is 16.3 Å². The number of ether oxygens (including phenoxy) is 1. The topological polar surface area (TPSA) is 98.1 Å². The smallest absolute Gasteiger partial charge is 0.321 e. The summed E-state index contributed by atoms with van der Waals surface area (Å²) >= 11 is 7.22. The molecule has 0 radical (unpaired) electrons. The molecule has 0 aliphatic heterocycles. The molecule has 140 valence electrons. The molecule has 1 aromatic carbocycles. The van der Waals surface area contributed by atoms with Gasteiger partial charge in [-0.2, -0.15) is 0 Å². The van der Waals surface area contributed by atoms with Crippen molar-refractivity contribution < 1.29 is 14.3 Å². The minimum atomic E-state index is -0.516. The minimum Gasteiger partial charge on any atom is -0.484 e. The molecule has 1 aromatic heterocycles. The van der Waals surface area contributed by atoms with Crippen LogP contribution in [0.2, 0.25) is 5.02 Å². The van der Waals surface area contributed by atoms with Gasteiger partial charge in [-0.25, -0.2) is 4.79 Å². The average molecular weight is 398 g/mol. The van der Waals surface area contributed by atoms with E-state index in [1.54, 1.807) is 23.7 Å². The SMILES string of the molecule is CC(C)NC(=O)NC(=O)CSc1nnc(COc2ccccc2Cl)n1C. The third-order valence-corrected chi connectivity index (χ3v) is 4.46. The van der Waals surface area contributed by atoms with Crippen molar-refractivity contribution in [2.24, 2.45) is 7.05 Å². The van der Waals surface area contributed by atoms with Crippen molar-refractivity contribution in [2.45, 2.75) is 31.7 Å². The van der Waals surface area contributed by atoms with Crippen LogP contribution in [0.4, 0.5) is 4.79 Å². The van der Waals surface area contributed by atoms with Gasteiger partial charge in [-0.1, -0.05) is 35.5 Å². The first-order valence-corrected chi connectivity index (χ1v) is 9.22. The summed E-state index contributed by atoms with van der Waals surface area (Å²) in [6.45, 7) is 3.81. The first-order valence-electron chi connectivity index (χ1n) is 7.85. The predicted molar refractivity (Wildman–Crippen MR) is 99.3 cm³/mol. The Morgan fingerprint density at radius 2 is 2.04 bits per heavy atom. The summed E-state index contributed by atoms with van der Waals surface area (Å²) in [5.41, 5.74) is 0. The van der Waals surface area contributed by atoms with Crippen LogP contribution >= 0.6 is 23.4 Å². The molecule has 0 saturated carbocycles.